The van der Waals surface area contributed by atoms with Crippen molar-refractivity contribution in [2.24, 2.45) is 0 Å². The molecule has 1 aromatic heterocycles. The summed E-state index contributed by atoms with van der Waals surface area (Å²) in [4.78, 5) is 11.1. The van der Waals surface area contributed by atoms with E-state index >= 15 is 0 Å². The third kappa shape index (κ3) is 2.99. The summed E-state index contributed by atoms with van der Waals surface area (Å²) in [5, 5.41) is 0. The van der Waals surface area contributed by atoms with Crippen LogP contribution in [0.5, 0.6) is 0 Å². The van der Waals surface area contributed by atoms with Crippen molar-refractivity contribution in [2.75, 3.05) is 18.1 Å². The normalized spacial score (nSPS) is 25.4. The highest BCUT2D eigenvalue weighted by Gasteiger charge is 2.39. The van der Waals surface area contributed by atoms with Gasteiger partial charge in [0, 0.05) is 12.6 Å². The van der Waals surface area contributed by atoms with E-state index in [4.69, 9.17) is 4.74 Å². The molecule has 17 heavy (non-hydrogen) atoms. The minimum atomic E-state index is 0. The lowest BCUT2D eigenvalue weighted by atomic mass is 10.2. The zero-order valence-corrected chi connectivity index (χ0v) is 13.6. The summed E-state index contributed by atoms with van der Waals surface area (Å²) in [6.07, 6.45) is 1.57. The van der Waals surface area contributed by atoms with E-state index < -0.39 is 0 Å². The molecular weight excluding hydrogens is 369 g/mol. The van der Waals surface area contributed by atoms with E-state index in [0.717, 1.165) is 34.9 Å². The zero-order chi connectivity index (χ0) is 10.4. The van der Waals surface area contributed by atoms with Gasteiger partial charge in [-0.15, -0.1) is 0 Å². The minimum absolute atomic E-state index is 0. The number of fused-ring (bicyclic) bond motifs is 2. The SMILES string of the molecule is Cc1nc(I)cc(N2CC3CC2CO3)n1.S.S. The molecule has 0 saturated carbocycles. The molecule has 7 heteroatoms. The molecule has 0 aromatic carbocycles. The fourth-order valence-corrected chi connectivity index (χ4v) is 2.97. The van der Waals surface area contributed by atoms with Gasteiger partial charge >= 0.3 is 0 Å². The van der Waals surface area contributed by atoms with E-state index in [9.17, 15) is 0 Å². The van der Waals surface area contributed by atoms with E-state index in [1.54, 1.807) is 0 Å². The third-order valence-electron chi connectivity index (χ3n) is 2.99. The number of halogens is 1. The predicted octanol–water partition coefficient (Wildman–Crippen LogP) is 1.59. The van der Waals surface area contributed by atoms with Crippen LogP contribution in [0, 0.1) is 10.6 Å². The number of hydrogen-bond acceptors (Lipinski definition) is 4. The first-order valence-corrected chi connectivity index (χ1v) is 6.19. The molecule has 3 rings (SSSR count). The van der Waals surface area contributed by atoms with Gasteiger partial charge < -0.3 is 9.64 Å². The van der Waals surface area contributed by atoms with Gasteiger partial charge in [-0.05, 0) is 35.9 Å². The first-order chi connectivity index (χ1) is 7.22. The van der Waals surface area contributed by atoms with Crippen molar-refractivity contribution in [2.45, 2.75) is 25.5 Å². The van der Waals surface area contributed by atoms with Crippen molar-refractivity contribution < 1.29 is 4.74 Å². The smallest absolute Gasteiger partial charge is 0.133 e. The molecule has 2 atom stereocenters. The van der Waals surface area contributed by atoms with Crippen molar-refractivity contribution in [1.29, 1.82) is 0 Å². The number of aromatic nitrogens is 2. The summed E-state index contributed by atoms with van der Waals surface area (Å²) in [6, 6.07) is 2.58. The van der Waals surface area contributed by atoms with Crippen LogP contribution in [0.15, 0.2) is 6.07 Å². The lowest BCUT2D eigenvalue weighted by molar-refractivity contribution is 0.0988. The number of anilines is 1. The van der Waals surface area contributed by atoms with E-state index in [1.807, 2.05) is 13.0 Å². The molecule has 4 nitrogen and oxygen atoms in total. The highest BCUT2D eigenvalue weighted by molar-refractivity contribution is 14.1. The van der Waals surface area contributed by atoms with Gasteiger partial charge in [0.2, 0.25) is 0 Å². The van der Waals surface area contributed by atoms with E-state index in [-0.39, 0.29) is 27.0 Å². The van der Waals surface area contributed by atoms with Crippen LogP contribution in [0.2, 0.25) is 0 Å². The maximum absolute atomic E-state index is 5.58. The number of hydrogen-bond donors (Lipinski definition) is 0. The van der Waals surface area contributed by atoms with Gasteiger partial charge in [-0.3, -0.25) is 0 Å². The summed E-state index contributed by atoms with van der Waals surface area (Å²) in [5.41, 5.74) is 0. The number of aryl methyl sites for hydroxylation is 1. The Morgan fingerprint density at radius 2 is 2.18 bits per heavy atom. The van der Waals surface area contributed by atoms with Crippen LogP contribution in [-0.4, -0.2) is 35.3 Å². The molecule has 0 radical (unpaired) electrons. The molecule has 0 amide bonds. The molecule has 96 valence electrons. The molecule has 2 bridgehead atoms. The largest absolute Gasteiger partial charge is 0.374 e. The summed E-state index contributed by atoms with van der Waals surface area (Å²) >= 11 is 2.24. The lowest BCUT2D eigenvalue weighted by Gasteiger charge is -2.27. The Kier molecular flexibility index (Phi) is 5.36. The summed E-state index contributed by atoms with van der Waals surface area (Å²) in [6.45, 7) is 3.78. The standard InChI is InChI=1S/C10H12IN3O.2H2S/c1-6-12-9(11)3-10(13-6)14-4-8-2-7(14)5-15-8;;/h3,7-8H,2,4-5H2,1H3;2*1H2. The Hall–Kier alpha value is 0.270. The summed E-state index contributed by atoms with van der Waals surface area (Å²) < 4.78 is 6.59. The van der Waals surface area contributed by atoms with Crippen molar-refractivity contribution in [3.63, 3.8) is 0 Å². The molecular formula is C10H16IN3OS2. The topological polar surface area (TPSA) is 38.2 Å². The van der Waals surface area contributed by atoms with Crippen LogP contribution in [0.25, 0.3) is 0 Å². The maximum Gasteiger partial charge on any atom is 0.133 e. The average Bonchev–Trinajstić information content (AvgIpc) is 2.76. The van der Waals surface area contributed by atoms with Crippen molar-refractivity contribution in [3.05, 3.63) is 15.6 Å². The fourth-order valence-electron chi connectivity index (χ4n) is 2.34. The second-order valence-electron chi connectivity index (χ2n) is 4.09. The molecule has 2 aliphatic heterocycles. The Morgan fingerprint density at radius 3 is 2.71 bits per heavy atom. The number of ether oxygens (including phenoxy) is 1. The van der Waals surface area contributed by atoms with Crippen LogP contribution in [0.1, 0.15) is 12.2 Å². The third-order valence-corrected chi connectivity index (χ3v) is 3.54. The monoisotopic (exact) mass is 385 g/mol. The predicted molar refractivity (Wildman–Crippen MR) is 85.7 cm³/mol. The van der Waals surface area contributed by atoms with Crippen molar-refractivity contribution >= 4 is 55.4 Å². The first kappa shape index (κ1) is 15.3. The van der Waals surface area contributed by atoms with Gasteiger partial charge in [0.15, 0.2) is 0 Å². The van der Waals surface area contributed by atoms with Crippen LogP contribution in [-0.2, 0) is 4.74 Å². The maximum atomic E-state index is 5.58. The quantitative estimate of drug-likeness (QED) is 0.544. The van der Waals surface area contributed by atoms with Gasteiger partial charge in [-0.2, -0.15) is 27.0 Å². The zero-order valence-electron chi connectivity index (χ0n) is 9.48. The van der Waals surface area contributed by atoms with Crippen molar-refractivity contribution in [1.82, 2.24) is 9.97 Å². The van der Waals surface area contributed by atoms with Gasteiger partial charge in [-0.1, -0.05) is 0 Å². The molecule has 3 heterocycles. The summed E-state index contributed by atoms with van der Waals surface area (Å²) in [5.74, 6) is 1.91. The molecule has 0 spiro atoms. The summed E-state index contributed by atoms with van der Waals surface area (Å²) in [7, 11) is 0. The number of rotatable bonds is 1. The van der Waals surface area contributed by atoms with Gasteiger partial charge in [0.1, 0.15) is 15.3 Å². The van der Waals surface area contributed by atoms with Crippen LogP contribution in [0.4, 0.5) is 5.82 Å². The lowest BCUT2D eigenvalue weighted by Crippen LogP contribution is -2.37. The Morgan fingerprint density at radius 1 is 1.41 bits per heavy atom. The van der Waals surface area contributed by atoms with Gasteiger partial charge in [0.25, 0.3) is 0 Å². The second kappa shape index (κ2) is 5.94. The Bertz CT molecular complexity index is 387. The number of nitrogens with zero attached hydrogens (tertiary/aromatic N) is 3. The molecule has 1 aromatic rings. The van der Waals surface area contributed by atoms with E-state index in [2.05, 4.69) is 37.5 Å². The molecule has 0 N–H and O–H groups in total. The molecule has 2 saturated heterocycles. The van der Waals surface area contributed by atoms with Crippen molar-refractivity contribution in [3.8, 4) is 0 Å². The first-order valence-electron chi connectivity index (χ1n) is 5.12. The van der Waals surface area contributed by atoms with E-state index in [1.165, 1.54) is 0 Å². The Labute approximate surface area is 129 Å². The molecule has 0 aliphatic carbocycles. The molecule has 2 fully saturated rings. The number of morpholine rings is 1. The van der Waals surface area contributed by atoms with E-state index in [0.29, 0.717) is 12.1 Å². The second-order valence-corrected chi connectivity index (χ2v) is 5.20. The van der Waals surface area contributed by atoms with Gasteiger partial charge in [0.05, 0.1) is 18.8 Å². The van der Waals surface area contributed by atoms with Crippen LogP contribution >= 0.6 is 49.6 Å². The van der Waals surface area contributed by atoms with Gasteiger partial charge in [-0.25, -0.2) is 9.97 Å². The molecule has 2 aliphatic rings. The average molecular weight is 385 g/mol. The highest BCUT2D eigenvalue weighted by atomic mass is 127. The van der Waals surface area contributed by atoms with Crippen LogP contribution < -0.4 is 4.90 Å². The highest BCUT2D eigenvalue weighted by Crippen LogP contribution is 2.31. The fraction of sp³-hybridized carbons (Fsp3) is 0.600. The minimum Gasteiger partial charge on any atom is -0.374 e. The van der Waals surface area contributed by atoms with Crippen LogP contribution in [0.3, 0.4) is 0 Å². The Balaban J connectivity index is 0.000000722. The molecule has 2 unspecified atom stereocenters.